The Hall–Kier alpha value is -1.98. The lowest BCUT2D eigenvalue weighted by Crippen LogP contribution is -2.57. The van der Waals surface area contributed by atoms with Crippen LogP contribution in [0.15, 0.2) is 29.0 Å². The predicted molar refractivity (Wildman–Crippen MR) is 61.3 cm³/mol. The molecule has 2 amide bonds. The second-order valence-electron chi connectivity index (χ2n) is 3.82. The number of hydrogen-bond acceptors (Lipinski definition) is 4. The van der Waals surface area contributed by atoms with Crippen LogP contribution >= 0.6 is 0 Å². The van der Waals surface area contributed by atoms with Gasteiger partial charge in [-0.05, 0) is 13.0 Å². The second-order valence-corrected chi connectivity index (χ2v) is 3.82. The van der Waals surface area contributed by atoms with Gasteiger partial charge >= 0.3 is 6.03 Å². The number of carbonyl (C=O) groups excluding carboxylic acids is 1. The summed E-state index contributed by atoms with van der Waals surface area (Å²) in [6.45, 7) is 1.98. The Morgan fingerprint density at radius 2 is 2.19 bits per heavy atom. The van der Waals surface area contributed by atoms with E-state index in [1.165, 1.54) is 10.0 Å². The van der Waals surface area contributed by atoms with Crippen molar-refractivity contribution < 1.29 is 4.79 Å². The van der Waals surface area contributed by atoms with Gasteiger partial charge in [0.05, 0.1) is 0 Å². The molecule has 0 saturated carbocycles. The van der Waals surface area contributed by atoms with Crippen molar-refractivity contribution in [1.82, 2.24) is 20.8 Å². The van der Waals surface area contributed by atoms with Crippen LogP contribution in [-0.2, 0) is 0 Å². The van der Waals surface area contributed by atoms with Crippen LogP contribution < -0.4 is 10.7 Å². The molecule has 2 aliphatic heterocycles. The molecule has 0 aliphatic carbocycles. The maximum absolute atomic E-state index is 11.5. The molecule has 0 saturated heterocycles. The van der Waals surface area contributed by atoms with E-state index in [4.69, 9.17) is 0 Å². The summed E-state index contributed by atoms with van der Waals surface area (Å²) in [7, 11) is 3.30. The Morgan fingerprint density at radius 1 is 1.44 bits per heavy atom. The summed E-state index contributed by atoms with van der Waals surface area (Å²) in [5.41, 5.74) is 4.01. The monoisotopic (exact) mass is 221 g/mol. The van der Waals surface area contributed by atoms with Gasteiger partial charge in [-0.3, -0.25) is 5.43 Å². The highest BCUT2D eigenvalue weighted by molar-refractivity contribution is 5.94. The molecule has 6 nitrogen and oxygen atoms in total. The summed E-state index contributed by atoms with van der Waals surface area (Å²) < 4.78 is 0. The molecule has 0 bridgehead atoms. The van der Waals surface area contributed by atoms with E-state index in [1.54, 1.807) is 14.1 Å². The van der Waals surface area contributed by atoms with Crippen LogP contribution in [0.4, 0.5) is 4.79 Å². The number of hydrazine groups is 1. The number of hydrazone groups is 1. The quantitative estimate of drug-likeness (QED) is 0.666. The highest BCUT2D eigenvalue weighted by Gasteiger charge is 2.25. The second kappa shape index (κ2) is 3.88. The Morgan fingerprint density at radius 3 is 2.81 bits per heavy atom. The number of amidine groups is 1. The number of amides is 2. The number of nitrogens with zero attached hydrogens (tertiary/aromatic N) is 3. The normalized spacial score (nSPS) is 24.7. The molecule has 2 rings (SSSR count). The van der Waals surface area contributed by atoms with Crippen LogP contribution in [0.2, 0.25) is 0 Å². The first kappa shape index (κ1) is 10.5. The molecule has 0 fully saturated rings. The fourth-order valence-electron chi connectivity index (χ4n) is 1.61. The average Bonchev–Trinajstić information content (AvgIpc) is 2.25. The zero-order valence-electron chi connectivity index (χ0n) is 9.56. The summed E-state index contributed by atoms with van der Waals surface area (Å²) in [6, 6.07) is -0.209. The Balaban J connectivity index is 2.17. The van der Waals surface area contributed by atoms with Crippen LogP contribution in [0.1, 0.15) is 6.92 Å². The molecule has 1 unspecified atom stereocenters. The first-order chi connectivity index (χ1) is 7.58. The first-order valence-corrected chi connectivity index (χ1v) is 5.06. The number of allylic oxidation sites excluding steroid dienone is 3. The summed E-state index contributed by atoms with van der Waals surface area (Å²) in [5.74, 6) is 0.702. The van der Waals surface area contributed by atoms with E-state index >= 15 is 0 Å². The highest BCUT2D eigenvalue weighted by atomic mass is 16.2. The molecule has 0 aromatic rings. The molecular formula is C10H15N5O. The zero-order chi connectivity index (χ0) is 11.7. The molecule has 86 valence electrons. The van der Waals surface area contributed by atoms with Crippen molar-refractivity contribution in [1.29, 1.82) is 0 Å². The van der Waals surface area contributed by atoms with Gasteiger partial charge in [-0.15, -0.1) is 0 Å². The molecule has 2 aliphatic rings. The largest absolute Gasteiger partial charge is 0.376 e. The van der Waals surface area contributed by atoms with Gasteiger partial charge in [0.1, 0.15) is 6.04 Å². The van der Waals surface area contributed by atoms with Crippen molar-refractivity contribution in [2.45, 2.75) is 13.0 Å². The van der Waals surface area contributed by atoms with Crippen LogP contribution in [-0.4, -0.2) is 42.0 Å². The van der Waals surface area contributed by atoms with Crippen molar-refractivity contribution in [3.05, 3.63) is 23.9 Å². The van der Waals surface area contributed by atoms with E-state index in [-0.39, 0.29) is 12.1 Å². The summed E-state index contributed by atoms with van der Waals surface area (Å²) in [6.07, 6.45) is 5.94. The van der Waals surface area contributed by atoms with Crippen LogP contribution in [0.5, 0.6) is 0 Å². The SMILES string of the molecule is CC1=CC=CC(C2=NN(C)C(=O)N(C)N2)N1. The van der Waals surface area contributed by atoms with Crippen LogP contribution in [0.3, 0.4) is 0 Å². The topological polar surface area (TPSA) is 60.0 Å². The third-order valence-corrected chi connectivity index (χ3v) is 2.43. The smallest absolute Gasteiger partial charge is 0.358 e. The molecule has 2 N–H and O–H groups in total. The minimum Gasteiger partial charge on any atom is -0.376 e. The molecule has 0 aromatic carbocycles. The third-order valence-electron chi connectivity index (χ3n) is 2.43. The maximum atomic E-state index is 11.5. The Bertz CT molecular complexity index is 398. The highest BCUT2D eigenvalue weighted by Crippen LogP contribution is 2.07. The number of dihydropyridines is 1. The van der Waals surface area contributed by atoms with Crippen molar-refractivity contribution >= 4 is 11.9 Å². The van der Waals surface area contributed by atoms with Crippen molar-refractivity contribution in [3.63, 3.8) is 0 Å². The molecule has 6 heteroatoms. The van der Waals surface area contributed by atoms with Gasteiger partial charge in [0.15, 0.2) is 5.84 Å². The van der Waals surface area contributed by atoms with Crippen LogP contribution in [0.25, 0.3) is 0 Å². The Labute approximate surface area is 94.2 Å². The number of carbonyl (C=O) groups is 1. The average molecular weight is 221 g/mol. The van der Waals surface area contributed by atoms with E-state index < -0.39 is 0 Å². The lowest BCUT2D eigenvalue weighted by Gasteiger charge is -2.32. The van der Waals surface area contributed by atoms with E-state index in [2.05, 4.69) is 15.8 Å². The maximum Gasteiger partial charge on any atom is 0.358 e. The Kier molecular flexibility index (Phi) is 2.55. The van der Waals surface area contributed by atoms with Gasteiger partial charge in [-0.1, -0.05) is 12.2 Å². The minimum atomic E-state index is -0.184. The van der Waals surface area contributed by atoms with Crippen molar-refractivity contribution in [3.8, 4) is 0 Å². The van der Waals surface area contributed by atoms with Crippen LogP contribution in [0, 0.1) is 0 Å². The summed E-state index contributed by atoms with van der Waals surface area (Å²) in [4.78, 5) is 11.5. The zero-order valence-corrected chi connectivity index (χ0v) is 9.56. The van der Waals surface area contributed by atoms with Gasteiger partial charge in [-0.25, -0.2) is 14.8 Å². The van der Waals surface area contributed by atoms with Crippen molar-refractivity contribution in [2.75, 3.05) is 14.1 Å². The lowest BCUT2D eigenvalue weighted by atomic mass is 10.1. The molecule has 0 spiro atoms. The first-order valence-electron chi connectivity index (χ1n) is 5.06. The van der Waals surface area contributed by atoms with E-state index in [0.29, 0.717) is 5.84 Å². The van der Waals surface area contributed by atoms with E-state index in [9.17, 15) is 4.79 Å². The predicted octanol–water partition coefficient (Wildman–Crippen LogP) is 0.234. The fourth-order valence-corrected chi connectivity index (χ4v) is 1.61. The molecule has 16 heavy (non-hydrogen) atoms. The number of urea groups is 1. The molecule has 2 heterocycles. The van der Waals surface area contributed by atoms with Gasteiger partial charge < -0.3 is 5.32 Å². The number of rotatable bonds is 1. The number of nitrogens with one attached hydrogen (secondary N) is 2. The standard InChI is InChI=1S/C10H15N5O/c1-7-5-4-6-8(11-7)9-12-14(2)10(16)15(3)13-9/h4-6,8,11H,1-3H3,(H,12,13). The van der Waals surface area contributed by atoms with Gasteiger partial charge in [-0.2, -0.15) is 5.10 Å². The van der Waals surface area contributed by atoms with Gasteiger partial charge in [0.2, 0.25) is 0 Å². The summed E-state index contributed by atoms with van der Waals surface area (Å²) in [5, 5.41) is 10.2. The number of hydrogen-bond donors (Lipinski definition) is 2. The van der Waals surface area contributed by atoms with Gasteiger partial charge in [0.25, 0.3) is 0 Å². The van der Waals surface area contributed by atoms with Crippen molar-refractivity contribution in [2.24, 2.45) is 5.10 Å². The minimum absolute atomic E-state index is 0.0250. The molecule has 0 radical (unpaired) electrons. The fraction of sp³-hybridized carbons (Fsp3) is 0.400. The van der Waals surface area contributed by atoms with E-state index in [0.717, 1.165) is 5.70 Å². The molecule has 1 atom stereocenters. The summed E-state index contributed by atoms with van der Waals surface area (Å²) >= 11 is 0. The molecule has 0 aromatic heterocycles. The van der Waals surface area contributed by atoms with E-state index in [1.807, 2.05) is 25.2 Å². The molecular weight excluding hydrogens is 206 g/mol. The third kappa shape index (κ3) is 1.86. The van der Waals surface area contributed by atoms with Gasteiger partial charge in [0, 0.05) is 19.8 Å². The lowest BCUT2D eigenvalue weighted by molar-refractivity contribution is 0.156.